The van der Waals surface area contributed by atoms with Crippen molar-refractivity contribution in [2.75, 3.05) is 11.9 Å². The minimum Gasteiger partial charge on any atom is -0.504 e. The molecule has 0 aliphatic carbocycles. The molecule has 138 valence electrons. The van der Waals surface area contributed by atoms with Crippen LogP contribution in [0.2, 0.25) is 0 Å². The standard InChI is InChI=1S/C19H20Br2N2O3/c1-3-5-17(24)23-13-8-6-12(7-9-13)22-11-14-18(21)15(20)10-16(19(14)25)26-4-2/h6-11,25H,3-5H2,1-2H3,(H,23,24). The normalized spacial score (nSPS) is 10.9. The van der Waals surface area contributed by atoms with Gasteiger partial charge in [0.15, 0.2) is 11.5 Å². The van der Waals surface area contributed by atoms with Crippen molar-refractivity contribution in [2.24, 2.45) is 4.99 Å². The van der Waals surface area contributed by atoms with E-state index in [0.29, 0.717) is 34.5 Å². The zero-order chi connectivity index (χ0) is 19.1. The number of rotatable bonds is 7. The number of nitrogens with zero attached hydrogens (tertiary/aromatic N) is 1. The zero-order valence-corrected chi connectivity index (χ0v) is 17.7. The molecule has 2 N–H and O–H groups in total. The first-order chi connectivity index (χ1) is 12.5. The number of nitrogens with one attached hydrogen (secondary N) is 1. The van der Waals surface area contributed by atoms with Crippen molar-refractivity contribution in [3.8, 4) is 11.5 Å². The van der Waals surface area contributed by atoms with E-state index in [4.69, 9.17) is 4.74 Å². The first-order valence-electron chi connectivity index (χ1n) is 8.24. The molecular formula is C19H20Br2N2O3. The number of ether oxygens (including phenoxy) is 1. The van der Waals surface area contributed by atoms with E-state index >= 15 is 0 Å². The van der Waals surface area contributed by atoms with E-state index in [0.717, 1.165) is 16.6 Å². The monoisotopic (exact) mass is 482 g/mol. The molecular weight excluding hydrogens is 464 g/mol. The molecule has 7 heteroatoms. The molecule has 0 radical (unpaired) electrons. The number of aliphatic imine (C=N–C) groups is 1. The number of carbonyl (C=O) groups is 1. The second-order valence-corrected chi connectivity index (χ2v) is 7.12. The van der Waals surface area contributed by atoms with Gasteiger partial charge in [-0.25, -0.2) is 0 Å². The van der Waals surface area contributed by atoms with Crippen LogP contribution in [-0.4, -0.2) is 23.8 Å². The smallest absolute Gasteiger partial charge is 0.224 e. The molecule has 0 saturated heterocycles. The van der Waals surface area contributed by atoms with E-state index < -0.39 is 0 Å². The lowest BCUT2D eigenvalue weighted by Crippen LogP contribution is -2.10. The van der Waals surface area contributed by atoms with Crippen LogP contribution in [0.15, 0.2) is 44.3 Å². The van der Waals surface area contributed by atoms with Crippen LogP contribution in [0.5, 0.6) is 11.5 Å². The highest BCUT2D eigenvalue weighted by molar-refractivity contribution is 9.13. The predicted molar refractivity (Wildman–Crippen MR) is 112 cm³/mol. The first-order valence-corrected chi connectivity index (χ1v) is 9.82. The van der Waals surface area contributed by atoms with Crippen molar-refractivity contribution in [1.82, 2.24) is 0 Å². The maximum absolute atomic E-state index is 11.6. The lowest BCUT2D eigenvalue weighted by atomic mass is 10.2. The average Bonchev–Trinajstić information content (AvgIpc) is 2.61. The highest BCUT2D eigenvalue weighted by Gasteiger charge is 2.14. The van der Waals surface area contributed by atoms with Crippen LogP contribution in [0.25, 0.3) is 0 Å². The van der Waals surface area contributed by atoms with Crippen LogP contribution < -0.4 is 10.1 Å². The summed E-state index contributed by atoms with van der Waals surface area (Å²) >= 11 is 6.87. The van der Waals surface area contributed by atoms with E-state index in [1.54, 1.807) is 36.5 Å². The summed E-state index contributed by atoms with van der Waals surface area (Å²) in [6, 6.07) is 8.88. The quantitative estimate of drug-likeness (QED) is 0.488. The summed E-state index contributed by atoms with van der Waals surface area (Å²) in [5, 5.41) is 13.2. The summed E-state index contributed by atoms with van der Waals surface area (Å²) in [7, 11) is 0. The van der Waals surface area contributed by atoms with Crippen molar-refractivity contribution >= 4 is 55.4 Å². The Bertz CT molecular complexity index is 805. The van der Waals surface area contributed by atoms with E-state index in [1.165, 1.54) is 0 Å². The number of hydrogen-bond donors (Lipinski definition) is 2. The van der Waals surface area contributed by atoms with Gasteiger partial charge in [-0.05, 0) is 75.5 Å². The molecule has 0 saturated carbocycles. The molecule has 0 heterocycles. The fourth-order valence-electron chi connectivity index (χ4n) is 2.22. The van der Waals surface area contributed by atoms with Crippen LogP contribution in [0.4, 0.5) is 11.4 Å². The Hall–Kier alpha value is -1.86. The molecule has 2 rings (SSSR count). The third kappa shape index (κ3) is 5.32. The number of aromatic hydroxyl groups is 1. The summed E-state index contributed by atoms with van der Waals surface area (Å²) in [6.07, 6.45) is 2.87. The summed E-state index contributed by atoms with van der Waals surface area (Å²) in [5.74, 6) is 0.405. The molecule has 0 aromatic heterocycles. The summed E-state index contributed by atoms with van der Waals surface area (Å²) in [6.45, 7) is 4.26. The Morgan fingerprint density at radius 3 is 2.58 bits per heavy atom. The summed E-state index contributed by atoms with van der Waals surface area (Å²) in [4.78, 5) is 16.0. The van der Waals surface area contributed by atoms with Crippen molar-refractivity contribution < 1.29 is 14.6 Å². The number of phenolic OH excluding ortho intramolecular Hbond substituents is 1. The van der Waals surface area contributed by atoms with Gasteiger partial charge in [0.1, 0.15) is 0 Å². The first kappa shape index (κ1) is 20.5. The number of anilines is 1. The fourth-order valence-corrected chi connectivity index (χ4v) is 3.04. The van der Waals surface area contributed by atoms with Gasteiger partial charge in [-0.1, -0.05) is 6.92 Å². The van der Waals surface area contributed by atoms with Crippen molar-refractivity contribution in [1.29, 1.82) is 0 Å². The van der Waals surface area contributed by atoms with E-state index in [-0.39, 0.29) is 11.7 Å². The number of benzene rings is 2. The van der Waals surface area contributed by atoms with E-state index in [1.807, 2.05) is 13.8 Å². The largest absolute Gasteiger partial charge is 0.504 e. The minimum atomic E-state index is -0.00445. The second-order valence-electron chi connectivity index (χ2n) is 5.47. The third-order valence-electron chi connectivity index (χ3n) is 3.46. The number of carbonyl (C=O) groups excluding carboxylic acids is 1. The molecule has 0 atom stereocenters. The molecule has 1 amide bonds. The van der Waals surface area contributed by atoms with Crippen LogP contribution in [0, 0.1) is 0 Å². The van der Waals surface area contributed by atoms with Gasteiger partial charge in [-0.3, -0.25) is 9.79 Å². The number of hydrogen-bond acceptors (Lipinski definition) is 4. The number of phenols is 1. The molecule has 0 bridgehead atoms. The molecule has 0 spiro atoms. The Morgan fingerprint density at radius 2 is 1.96 bits per heavy atom. The van der Waals surface area contributed by atoms with Gasteiger partial charge in [0.2, 0.25) is 5.91 Å². The molecule has 2 aromatic rings. The van der Waals surface area contributed by atoms with Gasteiger partial charge < -0.3 is 15.2 Å². The van der Waals surface area contributed by atoms with Crippen LogP contribution in [0.3, 0.4) is 0 Å². The maximum Gasteiger partial charge on any atom is 0.224 e. The highest BCUT2D eigenvalue weighted by Crippen LogP contribution is 2.39. The molecule has 0 fully saturated rings. The second kappa shape index (κ2) is 9.73. The highest BCUT2D eigenvalue weighted by atomic mass is 79.9. The van der Waals surface area contributed by atoms with Gasteiger partial charge >= 0.3 is 0 Å². The Kier molecular flexibility index (Phi) is 7.66. The molecule has 5 nitrogen and oxygen atoms in total. The SMILES string of the molecule is CCCC(=O)Nc1ccc(N=Cc2c(O)c(OCC)cc(Br)c2Br)cc1. The van der Waals surface area contributed by atoms with Crippen LogP contribution >= 0.6 is 31.9 Å². The maximum atomic E-state index is 11.6. The minimum absolute atomic E-state index is 0.00445. The predicted octanol–water partition coefficient (Wildman–Crippen LogP) is 5.81. The van der Waals surface area contributed by atoms with Gasteiger partial charge in [-0.2, -0.15) is 0 Å². The summed E-state index contributed by atoms with van der Waals surface area (Å²) in [5.41, 5.74) is 1.94. The average molecular weight is 484 g/mol. The zero-order valence-electron chi connectivity index (χ0n) is 14.6. The van der Waals surface area contributed by atoms with E-state index in [2.05, 4.69) is 42.2 Å². The van der Waals surface area contributed by atoms with Gasteiger partial charge in [0.25, 0.3) is 0 Å². The Balaban J connectivity index is 2.20. The van der Waals surface area contributed by atoms with Crippen molar-refractivity contribution in [3.05, 3.63) is 44.8 Å². The molecule has 2 aromatic carbocycles. The Morgan fingerprint density at radius 1 is 1.27 bits per heavy atom. The van der Waals surface area contributed by atoms with Crippen LogP contribution in [0.1, 0.15) is 32.3 Å². The Labute approximate surface area is 169 Å². The molecule has 0 aliphatic heterocycles. The fraction of sp³-hybridized carbons (Fsp3) is 0.263. The number of amides is 1. The van der Waals surface area contributed by atoms with Gasteiger partial charge in [0.05, 0.1) is 17.9 Å². The lowest BCUT2D eigenvalue weighted by Gasteiger charge is -2.11. The van der Waals surface area contributed by atoms with Gasteiger partial charge in [0, 0.05) is 27.3 Å². The number of halogens is 2. The molecule has 26 heavy (non-hydrogen) atoms. The van der Waals surface area contributed by atoms with Crippen molar-refractivity contribution in [2.45, 2.75) is 26.7 Å². The molecule has 0 aliphatic rings. The lowest BCUT2D eigenvalue weighted by molar-refractivity contribution is -0.116. The third-order valence-corrected chi connectivity index (χ3v) is 5.47. The van der Waals surface area contributed by atoms with Crippen molar-refractivity contribution in [3.63, 3.8) is 0 Å². The summed E-state index contributed by atoms with van der Waals surface area (Å²) < 4.78 is 6.88. The topological polar surface area (TPSA) is 70.9 Å². The van der Waals surface area contributed by atoms with Gasteiger partial charge in [-0.15, -0.1) is 0 Å². The van der Waals surface area contributed by atoms with Crippen LogP contribution in [-0.2, 0) is 4.79 Å². The molecule has 0 unspecified atom stereocenters. The van der Waals surface area contributed by atoms with E-state index in [9.17, 15) is 9.90 Å².